The van der Waals surface area contributed by atoms with Gasteiger partial charge in [-0.3, -0.25) is 4.79 Å². The molecule has 1 atom stereocenters. The fourth-order valence-corrected chi connectivity index (χ4v) is 4.10. The van der Waals surface area contributed by atoms with Crippen molar-refractivity contribution in [3.63, 3.8) is 0 Å². The summed E-state index contributed by atoms with van der Waals surface area (Å²) < 4.78 is 10.9. The van der Waals surface area contributed by atoms with Crippen LogP contribution in [0.3, 0.4) is 0 Å². The molecule has 30 heavy (non-hydrogen) atoms. The Hall–Kier alpha value is -3.02. The number of amides is 1. The normalized spacial score (nSPS) is 18.8. The minimum Gasteiger partial charge on any atom is -0.491 e. The van der Waals surface area contributed by atoms with Crippen LogP contribution in [0, 0.1) is 5.92 Å². The summed E-state index contributed by atoms with van der Waals surface area (Å²) in [7, 11) is 1.38. The highest BCUT2D eigenvalue weighted by atomic mass is 16.5. The van der Waals surface area contributed by atoms with Crippen LogP contribution in [0.1, 0.15) is 46.9 Å². The minimum atomic E-state index is -0.351. The van der Waals surface area contributed by atoms with Gasteiger partial charge in [-0.25, -0.2) is 4.79 Å². The summed E-state index contributed by atoms with van der Waals surface area (Å²) in [6.45, 7) is 5.16. The number of carbonyl (C=O) groups excluding carboxylic acids is 2. The van der Waals surface area contributed by atoms with E-state index in [9.17, 15) is 9.59 Å². The SMILES string of the molecule is COC(=O)c1ccc(N2C[C@H](C)COc3cc(C(=O)N4CCCCC4)ccc32)cc1. The smallest absolute Gasteiger partial charge is 0.337 e. The lowest BCUT2D eigenvalue weighted by Gasteiger charge is -2.28. The molecule has 0 radical (unpaired) electrons. The summed E-state index contributed by atoms with van der Waals surface area (Å²) in [4.78, 5) is 28.8. The van der Waals surface area contributed by atoms with Gasteiger partial charge in [0, 0.05) is 36.8 Å². The van der Waals surface area contributed by atoms with Crippen LogP contribution in [-0.4, -0.2) is 50.1 Å². The number of nitrogens with zero attached hydrogens (tertiary/aromatic N) is 2. The summed E-state index contributed by atoms with van der Waals surface area (Å²) in [6, 6.07) is 13.1. The van der Waals surface area contributed by atoms with Crippen molar-refractivity contribution in [1.82, 2.24) is 4.90 Å². The third kappa shape index (κ3) is 4.13. The minimum absolute atomic E-state index is 0.0763. The highest BCUT2D eigenvalue weighted by Crippen LogP contribution is 2.38. The van der Waals surface area contributed by atoms with Gasteiger partial charge in [-0.15, -0.1) is 0 Å². The fraction of sp³-hybridized carbons (Fsp3) is 0.417. The molecule has 0 unspecified atom stereocenters. The average Bonchev–Trinajstić information content (AvgIpc) is 2.97. The van der Waals surface area contributed by atoms with Crippen molar-refractivity contribution in [3.8, 4) is 5.75 Å². The van der Waals surface area contributed by atoms with Crippen molar-refractivity contribution in [3.05, 3.63) is 53.6 Å². The molecular formula is C24H28N2O4. The molecule has 2 aliphatic rings. The summed E-state index contributed by atoms with van der Waals surface area (Å²) in [5.41, 5.74) is 3.09. The lowest BCUT2D eigenvalue weighted by atomic mass is 10.1. The first-order valence-electron chi connectivity index (χ1n) is 10.6. The molecule has 2 heterocycles. The molecule has 2 aliphatic heterocycles. The number of fused-ring (bicyclic) bond motifs is 1. The van der Waals surface area contributed by atoms with Crippen LogP contribution in [0.25, 0.3) is 0 Å². The lowest BCUT2D eigenvalue weighted by molar-refractivity contribution is 0.0600. The van der Waals surface area contributed by atoms with Crippen LogP contribution in [0.15, 0.2) is 42.5 Å². The predicted octanol–water partition coefficient (Wildman–Crippen LogP) is 4.27. The van der Waals surface area contributed by atoms with Crippen LogP contribution in [0.5, 0.6) is 5.75 Å². The summed E-state index contributed by atoms with van der Waals surface area (Å²) in [5.74, 6) is 0.751. The van der Waals surface area contributed by atoms with E-state index in [0.717, 1.165) is 49.6 Å². The summed E-state index contributed by atoms with van der Waals surface area (Å²) in [6.07, 6.45) is 3.33. The van der Waals surface area contributed by atoms with Gasteiger partial charge in [-0.1, -0.05) is 6.92 Å². The first kappa shape index (κ1) is 20.3. The zero-order valence-corrected chi connectivity index (χ0v) is 17.6. The van der Waals surface area contributed by atoms with Gasteiger partial charge in [0.2, 0.25) is 0 Å². The molecular weight excluding hydrogens is 380 g/mol. The van der Waals surface area contributed by atoms with Crippen molar-refractivity contribution < 1.29 is 19.1 Å². The number of ether oxygens (including phenoxy) is 2. The Kier molecular flexibility index (Phi) is 5.93. The molecule has 158 valence electrons. The van der Waals surface area contributed by atoms with Crippen LogP contribution >= 0.6 is 0 Å². The Morgan fingerprint density at radius 2 is 1.70 bits per heavy atom. The van der Waals surface area contributed by atoms with Crippen molar-refractivity contribution in [2.24, 2.45) is 5.92 Å². The number of esters is 1. The van der Waals surface area contributed by atoms with Crippen molar-refractivity contribution in [2.45, 2.75) is 26.2 Å². The Bertz CT molecular complexity index is 919. The zero-order chi connectivity index (χ0) is 21.1. The van der Waals surface area contributed by atoms with Crippen molar-refractivity contribution in [2.75, 3.05) is 38.3 Å². The number of methoxy groups -OCH3 is 1. The van der Waals surface area contributed by atoms with E-state index in [1.807, 2.05) is 35.2 Å². The first-order valence-corrected chi connectivity index (χ1v) is 10.6. The van der Waals surface area contributed by atoms with E-state index in [4.69, 9.17) is 9.47 Å². The van der Waals surface area contributed by atoms with Gasteiger partial charge < -0.3 is 19.3 Å². The van der Waals surface area contributed by atoms with Gasteiger partial charge in [0.05, 0.1) is 25.0 Å². The number of piperidine rings is 1. The number of rotatable bonds is 3. The molecule has 2 aromatic carbocycles. The molecule has 0 spiro atoms. The Balaban J connectivity index is 1.64. The lowest BCUT2D eigenvalue weighted by Crippen LogP contribution is -2.35. The molecule has 6 heteroatoms. The molecule has 2 aromatic rings. The quantitative estimate of drug-likeness (QED) is 0.710. The zero-order valence-electron chi connectivity index (χ0n) is 17.6. The van der Waals surface area contributed by atoms with E-state index in [0.29, 0.717) is 23.7 Å². The number of anilines is 2. The fourth-order valence-electron chi connectivity index (χ4n) is 4.10. The molecule has 0 aromatic heterocycles. The van der Waals surface area contributed by atoms with E-state index in [-0.39, 0.29) is 11.9 Å². The second-order valence-electron chi connectivity index (χ2n) is 8.10. The summed E-state index contributed by atoms with van der Waals surface area (Å²) >= 11 is 0. The molecule has 1 saturated heterocycles. The van der Waals surface area contributed by atoms with Crippen molar-refractivity contribution >= 4 is 23.3 Å². The van der Waals surface area contributed by atoms with Crippen LogP contribution in [0.4, 0.5) is 11.4 Å². The predicted molar refractivity (Wildman–Crippen MR) is 116 cm³/mol. The highest BCUT2D eigenvalue weighted by Gasteiger charge is 2.25. The standard InChI is InChI=1S/C24H28N2O4/c1-17-15-26(20-9-6-18(7-10-20)24(28)29-2)21-11-8-19(14-22(21)30-16-17)23(27)25-12-4-3-5-13-25/h6-11,14,17H,3-5,12-13,15-16H2,1-2H3/t17-/m0/s1. The average molecular weight is 408 g/mol. The Morgan fingerprint density at radius 3 is 2.40 bits per heavy atom. The number of carbonyl (C=O) groups is 2. The molecule has 0 N–H and O–H groups in total. The van der Waals surface area contributed by atoms with Crippen LogP contribution in [0.2, 0.25) is 0 Å². The number of likely N-dealkylation sites (tertiary alicyclic amines) is 1. The number of hydrogen-bond donors (Lipinski definition) is 0. The second kappa shape index (κ2) is 8.78. The van der Waals surface area contributed by atoms with Crippen molar-refractivity contribution in [1.29, 1.82) is 0 Å². The van der Waals surface area contributed by atoms with Gasteiger partial charge in [0.25, 0.3) is 5.91 Å². The van der Waals surface area contributed by atoms with E-state index >= 15 is 0 Å². The highest BCUT2D eigenvalue weighted by molar-refractivity contribution is 5.96. The number of hydrogen-bond acceptors (Lipinski definition) is 5. The molecule has 6 nitrogen and oxygen atoms in total. The molecule has 0 saturated carbocycles. The second-order valence-corrected chi connectivity index (χ2v) is 8.10. The molecule has 0 bridgehead atoms. The Morgan fingerprint density at radius 1 is 1.00 bits per heavy atom. The maximum absolute atomic E-state index is 12.9. The van der Waals surface area contributed by atoms with Gasteiger partial charge in [-0.2, -0.15) is 0 Å². The van der Waals surface area contributed by atoms with Crippen LogP contribution < -0.4 is 9.64 Å². The largest absolute Gasteiger partial charge is 0.491 e. The van der Waals surface area contributed by atoms with Crippen LogP contribution in [-0.2, 0) is 4.74 Å². The molecule has 1 fully saturated rings. The van der Waals surface area contributed by atoms with E-state index in [1.165, 1.54) is 13.5 Å². The summed E-state index contributed by atoms with van der Waals surface area (Å²) in [5, 5.41) is 0. The van der Waals surface area contributed by atoms with E-state index in [1.54, 1.807) is 12.1 Å². The Labute approximate surface area is 177 Å². The van der Waals surface area contributed by atoms with Gasteiger partial charge >= 0.3 is 5.97 Å². The number of benzene rings is 2. The van der Waals surface area contributed by atoms with E-state index in [2.05, 4.69) is 11.8 Å². The third-order valence-corrected chi connectivity index (χ3v) is 5.76. The molecule has 1 amide bonds. The van der Waals surface area contributed by atoms with E-state index < -0.39 is 0 Å². The topological polar surface area (TPSA) is 59.1 Å². The van der Waals surface area contributed by atoms with Gasteiger partial charge in [0.1, 0.15) is 5.75 Å². The first-order chi connectivity index (χ1) is 14.6. The third-order valence-electron chi connectivity index (χ3n) is 5.76. The van der Waals surface area contributed by atoms with Gasteiger partial charge in [-0.05, 0) is 61.7 Å². The maximum atomic E-state index is 12.9. The molecule has 4 rings (SSSR count). The molecule has 0 aliphatic carbocycles. The monoisotopic (exact) mass is 408 g/mol. The maximum Gasteiger partial charge on any atom is 0.337 e. The van der Waals surface area contributed by atoms with Gasteiger partial charge in [0.15, 0.2) is 0 Å².